The third-order valence-electron chi connectivity index (χ3n) is 6.77. The minimum Gasteiger partial charge on any atom is -0.442 e. The quantitative estimate of drug-likeness (QED) is 0.248. The number of ketones is 1. The van der Waals surface area contributed by atoms with Gasteiger partial charge in [-0.3, -0.25) is 9.69 Å². The molecule has 0 bridgehead atoms. The number of benzene rings is 3. The van der Waals surface area contributed by atoms with Gasteiger partial charge in [0.2, 0.25) is 0 Å². The summed E-state index contributed by atoms with van der Waals surface area (Å²) in [5.74, 6) is 0.332. The Hall–Kier alpha value is -4.36. The second-order valence-electron chi connectivity index (χ2n) is 10.6. The molecule has 1 saturated heterocycles. The number of piperidine rings is 1. The molecule has 0 amide bonds. The first-order valence-corrected chi connectivity index (χ1v) is 13.1. The fraction of sp³-hybridized carbons (Fsp3) is 0.250. The lowest BCUT2D eigenvalue weighted by atomic mass is 9.74. The lowest BCUT2D eigenvalue weighted by Gasteiger charge is -2.47. The summed E-state index contributed by atoms with van der Waals surface area (Å²) in [6.45, 7) is 6.34. The van der Waals surface area contributed by atoms with Crippen LogP contribution in [0.5, 0.6) is 0 Å². The van der Waals surface area contributed by atoms with Gasteiger partial charge in [0.05, 0.1) is 5.54 Å². The van der Waals surface area contributed by atoms with Gasteiger partial charge in [0.15, 0.2) is 11.6 Å². The Kier molecular flexibility index (Phi) is 7.26. The number of likely N-dealkylation sites (tertiary alicyclic amines) is 1. The van der Waals surface area contributed by atoms with E-state index in [1.165, 1.54) is 6.33 Å². The zero-order valence-electron chi connectivity index (χ0n) is 22.4. The highest BCUT2D eigenvalue weighted by molar-refractivity contribution is 6.00. The molecule has 1 fully saturated rings. The number of aromatic nitrogens is 3. The largest absolute Gasteiger partial charge is 0.442 e. The van der Waals surface area contributed by atoms with E-state index in [1.54, 1.807) is 26.8 Å². The highest BCUT2D eigenvalue weighted by Gasteiger charge is 2.44. The van der Waals surface area contributed by atoms with Crippen molar-refractivity contribution in [1.29, 1.82) is 0 Å². The summed E-state index contributed by atoms with van der Waals surface area (Å²) in [5, 5.41) is 4.27. The molecule has 5 rings (SSSR count). The minimum absolute atomic E-state index is 0.0444. The molecule has 0 atom stereocenters. The molecular weight excluding hydrogens is 488 g/mol. The van der Waals surface area contributed by atoms with Gasteiger partial charge in [-0.05, 0) is 43.5 Å². The van der Waals surface area contributed by atoms with Crippen LogP contribution in [0.2, 0.25) is 0 Å². The van der Waals surface area contributed by atoms with Crippen LogP contribution in [0.1, 0.15) is 49.7 Å². The van der Waals surface area contributed by atoms with Crippen molar-refractivity contribution in [3.05, 3.63) is 125 Å². The maximum Gasteiger partial charge on any atom is 0.436 e. The number of carbonyl (C=O) groups excluding carboxylic acids is 2. The van der Waals surface area contributed by atoms with Crippen molar-refractivity contribution in [1.82, 2.24) is 19.7 Å². The van der Waals surface area contributed by atoms with Crippen LogP contribution in [0.15, 0.2) is 103 Å². The summed E-state index contributed by atoms with van der Waals surface area (Å²) in [7, 11) is 0. The second-order valence-corrected chi connectivity index (χ2v) is 10.6. The molecule has 1 aliphatic heterocycles. The van der Waals surface area contributed by atoms with E-state index in [1.807, 2.05) is 18.2 Å². The van der Waals surface area contributed by atoms with Crippen LogP contribution in [0, 0.1) is 0 Å². The summed E-state index contributed by atoms with van der Waals surface area (Å²) in [6, 6.07) is 31.2. The Morgan fingerprint density at radius 1 is 0.846 bits per heavy atom. The van der Waals surface area contributed by atoms with Crippen molar-refractivity contribution in [2.24, 2.45) is 0 Å². The van der Waals surface area contributed by atoms with Crippen molar-refractivity contribution in [2.75, 3.05) is 13.1 Å². The monoisotopic (exact) mass is 520 g/mol. The number of hydrogen-bond acceptors (Lipinski definition) is 6. The van der Waals surface area contributed by atoms with Gasteiger partial charge in [-0.25, -0.2) is 9.78 Å². The van der Waals surface area contributed by atoms with Gasteiger partial charge >= 0.3 is 6.09 Å². The number of rotatable bonds is 5. The smallest absolute Gasteiger partial charge is 0.436 e. The summed E-state index contributed by atoms with van der Waals surface area (Å²) >= 11 is 0. The molecule has 198 valence electrons. The van der Waals surface area contributed by atoms with E-state index in [4.69, 9.17) is 4.74 Å². The number of ether oxygens (including phenoxy) is 1. The predicted octanol–water partition coefficient (Wildman–Crippen LogP) is 5.71. The number of Topliss-reactive ketones (excluding diaryl/α,β-unsaturated/α-hetero) is 1. The first-order chi connectivity index (χ1) is 18.8. The van der Waals surface area contributed by atoms with E-state index in [9.17, 15) is 9.59 Å². The van der Waals surface area contributed by atoms with Crippen LogP contribution in [-0.4, -0.2) is 50.2 Å². The molecule has 1 aromatic heterocycles. The van der Waals surface area contributed by atoms with Crippen molar-refractivity contribution in [2.45, 2.75) is 38.3 Å². The molecule has 0 N–H and O–H groups in total. The Bertz CT molecular complexity index is 1380. The molecule has 39 heavy (non-hydrogen) atoms. The lowest BCUT2D eigenvalue weighted by Crippen LogP contribution is -2.52. The summed E-state index contributed by atoms with van der Waals surface area (Å²) in [5.41, 5.74) is 2.65. The van der Waals surface area contributed by atoms with Gasteiger partial charge < -0.3 is 4.74 Å². The van der Waals surface area contributed by atoms with Crippen LogP contribution in [0.3, 0.4) is 0 Å². The molecule has 7 nitrogen and oxygen atoms in total. The van der Waals surface area contributed by atoms with Gasteiger partial charge in [-0.1, -0.05) is 91.0 Å². The average Bonchev–Trinajstić information content (AvgIpc) is 3.41. The summed E-state index contributed by atoms with van der Waals surface area (Å²) in [4.78, 5) is 32.2. The molecule has 1 aliphatic rings. The average molecular weight is 521 g/mol. The maximum atomic E-state index is 13.2. The number of carbonyl (C=O) groups is 2. The molecule has 3 aromatic carbocycles. The molecule has 4 aromatic rings. The van der Waals surface area contributed by atoms with Crippen molar-refractivity contribution < 1.29 is 14.3 Å². The molecule has 2 heterocycles. The van der Waals surface area contributed by atoms with E-state index in [0.717, 1.165) is 21.4 Å². The first-order valence-electron chi connectivity index (χ1n) is 13.1. The zero-order valence-corrected chi connectivity index (χ0v) is 22.4. The second kappa shape index (κ2) is 10.8. The van der Waals surface area contributed by atoms with Gasteiger partial charge in [0.25, 0.3) is 0 Å². The lowest BCUT2D eigenvalue weighted by molar-refractivity contribution is -0.117. The molecule has 0 radical (unpaired) electrons. The van der Waals surface area contributed by atoms with E-state index < -0.39 is 17.2 Å². The highest BCUT2D eigenvalue weighted by Crippen LogP contribution is 2.43. The maximum absolute atomic E-state index is 13.2. The Morgan fingerprint density at radius 2 is 1.36 bits per heavy atom. The van der Waals surface area contributed by atoms with Crippen LogP contribution >= 0.6 is 0 Å². The normalized spacial score (nSPS) is 15.9. The number of nitrogens with zero attached hydrogens (tertiary/aromatic N) is 4. The molecule has 0 spiro atoms. The third-order valence-corrected chi connectivity index (χ3v) is 6.77. The standard InChI is InChI=1S/C32H32N4O3/c1-31(2,3)39-30(38)36-23-33-29(34-36)21-24-22-35(20-19-28(24)37)32(25-13-7-4-8-14-25,26-15-9-5-10-16-26)27-17-11-6-12-18-27/h4-18,21,23H,19-20,22H2,1-3H3/b24-21+. The topological polar surface area (TPSA) is 77.3 Å². The molecule has 7 heteroatoms. The molecule has 0 saturated carbocycles. The zero-order chi connectivity index (χ0) is 27.5. The predicted molar refractivity (Wildman–Crippen MR) is 150 cm³/mol. The van der Waals surface area contributed by atoms with Crippen LogP contribution in [-0.2, 0) is 15.1 Å². The molecular formula is C32H32N4O3. The minimum atomic E-state index is -0.656. The Balaban J connectivity index is 1.58. The number of hydrogen-bond donors (Lipinski definition) is 0. The summed E-state index contributed by atoms with van der Waals surface area (Å²) < 4.78 is 6.44. The fourth-order valence-electron chi connectivity index (χ4n) is 5.16. The first kappa shape index (κ1) is 26.3. The van der Waals surface area contributed by atoms with E-state index in [-0.39, 0.29) is 11.6 Å². The Labute approximate surface area is 228 Å². The van der Waals surface area contributed by atoms with Crippen molar-refractivity contribution in [3.63, 3.8) is 0 Å². The van der Waals surface area contributed by atoms with E-state index in [0.29, 0.717) is 25.1 Å². The highest BCUT2D eigenvalue weighted by atomic mass is 16.6. The van der Waals surface area contributed by atoms with Crippen LogP contribution < -0.4 is 0 Å². The van der Waals surface area contributed by atoms with E-state index in [2.05, 4.69) is 87.8 Å². The van der Waals surface area contributed by atoms with Gasteiger partial charge in [0, 0.05) is 25.1 Å². The van der Waals surface area contributed by atoms with Gasteiger partial charge in [-0.2, -0.15) is 4.68 Å². The van der Waals surface area contributed by atoms with Crippen molar-refractivity contribution >= 4 is 18.0 Å². The van der Waals surface area contributed by atoms with E-state index >= 15 is 0 Å². The third kappa shape index (κ3) is 5.45. The van der Waals surface area contributed by atoms with Crippen molar-refractivity contribution in [3.8, 4) is 0 Å². The summed E-state index contributed by atoms with van der Waals surface area (Å²) in [6.07, 6.45) is 2.73. The SMILES string of the molecule is CC(C)(C)OC(=O)n1cnc(/C=C2\CN(C(c3ccccc3)(c3ccccc3)c3ccccc3)CCC2=O)n1. The van der Waals surface area contributed by atoms with Gasteiger partial charge in [0.1, 0.15) is 11.9 Å². The van der Waals surface area contributed by atoms with Crippen LogP contribution in [0.4, 0.5) is 4.79 Å². The fourth-order valence-corrected chi connectivity index (χ4v) is 5.16. The van der Waals surface area contributed by atoms with Crippen LogP contribution in [0.25, 0.3) is 6.08 Å². The Morgan fingerprint density at radius 3 is 1.85 bits per heavy atom. The molecule has 0 aliphatic carbocycles. The molecule has 0 unspecified atom stereocenters. The van der Waals surface area contributed by atoms with Gasteiger partial charge in [-0.15, -0.1) is 5.10 Å².